The van der Waals surface area contributed by atoms with Gasteiger partial charge in [-0.15, -0.1) is 6.58 Å². The summed E-state index contributed by atoms with van der Waals surface area (Å²) >= 11 is 0. The fourth-order valence-corrected chi connectivity index (χ4v) is 2.76. The molecule has 0 aliphatic carbocycles. The molecule has 0 N–H and O–H groups in total. The first kappa shape index (κ1) is 22.7. The predicted molar refractivity (Wildman–Crippen MR) is 105 cm³/mol. The summed E-state index contributed by atoms with van der Waals surface area (Å²) in [6.45, 7) is 9.37. The van der Waals surface area contributed by atoms with E-state index >= 15 is 0 Å². The SMILES string of the molecule is C=COC(=O)C(C=C)CCCCCC/C=C\CCCCCCCC. The van der Waals surface area contributed by atoms with Crippen LogP contribution in [0.25, 0.3) is 0 Å². The molecule has 0 bridgehead atoms. The van der Waals surface area contributed by atoms with Crippen LogP contribution in [0.3, 0.4) is 0 Å². The maximum absolute atomic E-state index is 11.6. The summed E-state index contributed by atoms with van der Waals surface area (Å²) in [5.41, 5.74) is 0. The molecule has 0 rings (SSSR count). The molecule has 0 heterocycles. The molecule has 0 aromatic rings. The van der Waals surface area contributed by atoms with Crippen LogP contribution in [-0.2, 0) is 9.53 Å². The van der Waals surface area contributed by atoms with Gasteiger partial charge in [-0.2, -0.15) is 0 Å². The highest BCUT2D eigenvalue weighted by atomic mass is 16.5. The molecular formula is C22H38O2. The third-order valence-corrected chi connectivity index (χ3v) is 4.31. The zero-order chi connectivity index (χ0) is 17.9. The topological polar surface area (TPSA) is 26.3 Å². The molecule has 24 heavy (non-hydrogen) atoms. The Kier molecular flexibility index (Phi) is 17.1. The lowest BCUT2D eigenvalue weighted by Crippen LogP contribution is -2.12. The van der Waals surface area contributed by atoms with E-state index in [0.29, 0.717) is 0 Å². The van der Waals surface area contributed by atoms with E-state index in [9.17, 15) is 4.79 Å². The molecule has 1 atom stereocenters. The molecular weight excluding hydrogens is 296 g/mol. The van der Waals surface area contributed by atoms with Gasteiger partial charge in [0, 0.05) is 0 Å². The molecule has 1 unspecified atom stereocenters. The summed E-state index contributed by atoms with van der Waals surface area (Å²) in [6.07, 6.45) is 23.7. The Balaban J connectivity index is 3.40. The van der Waals surface area contributed by atoms with E-state index < -0.39 is 0 Å². The molecule has 0 aromatic heterocycles. The standard InChI is InChI=1S/C22H38O2/c1-4-7-8-9-10-11-12-13-14-15-16-17-18-19-20-21(5-2)22(23)24-6-3/h5-6,13-14,21H,2-4,7-12,15-20H2,1H3/b14-13-. The Morgan fingerprint density at radius 3 is 1.96 bits per heavy atom. The van der Waals surface area contributed by atoms with Crippen LogP contribution in [0.4, 0.5) is 0 Å². The molecule has 0 spiro atoms. The first-order valence-electron chi connectivity index (χ1n) is 9.85. The quantitative estimate of drug-likeness (QED) is 0.122. The molecule has 2 heteroatoms. The Morgan fingerprint density at radius 1 is 0.875 bits per heavy atom. The number of carbonyl (C=O) groups is 1. The van der Waals surface area contributed by atoms with Gasteiger partial charge < -0.3 is 4.74 Å². The minimum atomic E-state index is -0.238. The summed E-state index contributed by atoms with van der Waals surface area (Å²) in [5.74, 6) is -0.433. The first-order chi connectivity index (χ1) is 11.8. The second kappa shape index (κ2) is 18.0. The van der Waals surface area contributed by atoms with Gasteiger partial charge in [-0.3, -0.25) is 4.79 Å². The molecule has 0 amide bonds. The number of esters is 1. The molecule has 138 valence electrons. The molecule has 0 aliphatic rings. The van der Waals surface area contributed by atoms with E-state index in [0.717, 1.165) is 19.3 Å². The lowest BCUT2D eigenvalue weighted by molar-refractivity contribution is -0.141. The maximum atomic E-state index is 11.6. The number of allylic oxidation sites excluding steroid dienone is 2. The van der Waals surface area contributed by atoms with Crippen LogP contribution in [0.5, 0.6) is 0 Å². The van der Waals surface area contributed by atoms with E-state index in [-0.39, 0.29) is 11.9 Å². The minimum Gasteiger partial charge on any atom is -0.435 e. The van der Waals surface area contributed by atoms with Gasteiger partial charge in [0.05, 0.1) is 12.2 Å². The van der Waals surface area contributed by atoms with Gasteiger partial charge in [0.2, 0.25) is 0 Å². The maximum Gasteiger partial charge on any atom is 0.317 e. The fraction of sp³-hybridized carbons (Fsp3) is 0.682. The highest BCUT2D eigenvalue weighted by molar-refractivity contribution is 5.74. The van der Waals surface area contributed by atoms with Crippen molar-refractivity contribution in [3.8, 4) is 0 Å². The predicted octanol–water partition coefficient (Wildman–Crippen LogP) is 7.12. The molecule has 0 saturated carbocycles. The molecule has 0 saturated heterocycles. The number of unbranched alkanes of at least 4 members (excludes halogenated alkanes) is 10. The van der Waals surface area contributed by atoms with E-state index in [1.54, 1.807) is 6.08 Å². The average molecular weight is 335 g/mol. The van der Waals surface area contributed by atoms with Crippen molar-refractivity contribution in [3.05, 3.63) is 37.6 Å². The second-order valence-electron chi connectivity index (χ2n) is 6.47. The van der Waals surface area contributed by atoms with Crippen LogP contribution in [0, 0.1) is 5.92 Å². The lowest BCUT2D eigenvalue weighted by Gasteiger charge is -2.09. The van der Waals surface area contributed by atoms with Crippen molar-refractivity contribution in [2.45, 2.75) is 90.4 Å². The zero-order valence-electron chi connectivity index (χ0n) is 15.8. The molecule has 0 radical (unpaired) electrons. The highest BCUT2D eigenvalue weighted by Gasteiger charge is 2.14. The minimum absolute atomic E-state index is 0.194. The van der Waals surface area contributed by atoms with Gasteiger partial charge in [0.25, 0.3) is 0 Å². The highest BCUT2D eigenvalue weighted by Crippen LogP contribution is 2.14. The summed E-state index contributed by atoms with van der Waals surface area (Å²) in [4.78, 5) is 11.6. The molecule has 0 fully saturated rings. The second-order valence-corrected chi connectivity index (χ2v) is 6.47. The average Bonchev–Trinajstić information content (AvgIpc) is 2.58. The molecule has 0 aromatic carbocycles. The van der Waals surface area contributed by atoms with Crippen molar-refractivity contribution in [3.63, 3.8) is 0 Å². The van der Waals surface area contributed by atoms with Crippen molar-refractivity contribution >= 4 is 5.97 Å². The summed E-state index contributed by atoms with van der Waals surface area (Å²) < 4.78 is 4.81. The van der Waals surface area contributed by atoms with Crippen LogP contribution in [-0.4, -0.2) is 5.97 Å². The van der Waals surface area contributed by atoms with E-state index in [1.807, 2.05) is 0 Å². The Hall–Kier alpha value is -1.31. The van der Waals surface area contributed by atoms with Gasteiger partial charge in [-0.25, -0.2) is 0 Å². The van der Waals surface area contributed by atoms with Crippen molar-refractivity contribution in [1.29, 1.82) is 0 Å². The monoisotopic (exact) mass is 334 g/mol. The van der Waals surface area contributed by atoms with Gasteiger partial charge >= 0.3 is 5.97 Å². The van der Waals surface area contributed by atoms with Crippen LogP contribution in [0.15, 0.2) is 37.6 Å². The van der Waals surface area contributed by atoms with Gasteiger partial charge in [0.15, 0.2) is 0 Å². The number of hydrogen-bond donors (Lipinski definition) is 0. The van der Waals surface area contributed by atoms with Crippen LogP contribution < -0.4 is 0 Å². The van der Waals surface area contributed by atoms with E-state index in [4.69, 9.17) is 4.74 Å². The molecule has 0 aliphatic heterocycles. The van der Waals surface area contributed by atoms with Gasteiger partial charge in [0.1, 0.15) is 0 Å². The van der Waals surface area contributed by atoms with E-state index in [1.165, 1.54) is 70.5 Å². The summed E-state index contributed by atoms with van der Waals surface area (Å²) in [7, 11) is 0. The lowest BCUT2D eigenvalue weighted by atomic mass is 10.0. The summed E-state index contributed by atoms with van der Waals surface area (Å²) in [5, 5.41) is 0. The number of ether oxygens (including phenoxy) is 1. The number of carbonyl (C=O) groups excluding carboxylic acids is 1. The van der Waals surface area contributed by atoms with Crippen LogP contribution in [0.1, 0.15) is 90.4 Å². The van der Waals surface area contributed by atoms with Gasteiger partial charge in [-0.1, -0.05) is 83.1 Å². The van der Waals surface area contributed by atoms with E-state index in [2.05, 4.69) is 32.2 Å². The Morgan fingerprint density at radius 2 is 1.42 bits per heavy atom. The van der Waals surface area contributed by atoms with Crippen LogP contribution in [0.2, 0.25) is 0 Å². The smallest absolute Gasteiger partial charge is 0.317 e. The molecule has 2 nitrogen and oxygen atoms in total. The van der Waals surface area contributed by atoms with Crippen molar-refractivity contribution in [2.75, 3.05) is 0 Å². The Bertz CT molecular complexity index is 344. The van der Waals surface area contributed by atoms with Crippen molar-refractivity contribution < 1.29 is 9.53 Å². The summed E-state index contributed by atoms with van der Waals surface area (Å²) in [6, 6.07) is 0. The van der Waals surface area contributed by atoms with Gasteiger partial charge in [-0.05, 0) is 32.1 Å². The third kappa shape index (κ3) is 14.3. The Labute approximate surface area is 150 Å². The number of hydrogen-bond acceptors (Lipinski definition) is 2. The third-order valence-electron chi connectivity index (χ3n) is 4.31. The largest absolute Gasteiger partial charge is 0.435 e. The number of rotatable bonds is 17. The van der Waals surface area contributed by atoms with Crippen LogP contribution >= 0.6 is 0 Å². The van der Waals surface area contributed by atoms with Crippen molar-refractivity contribution in [2.24, 2.45) is 5.92 Å². The fourth-order valence-electron chi connectivity index (χ4n) is 2.76. The van der Waals surface area contributed by atoms with Crippen molar-refractivity contribution in [1.82, 2.24) is 0 Å². The first-order valence-corrected chi connectivity index (χ1v) is 9.85. The normalized spacial score (nSPS) is 12.2. The zero-order valence-corrected chi connectivity index (χ0v) is 15.8.